The van der Waals surface area contributed by atoms with Crippen LogP contribution in [0.3, 0.4) is 0 Å². The van der Waals surface area contributed by atoms with E-state index in [0.29, 0.717) is 11.9 Å². The number of piperidine rings is 1. The van der Waals surface area contributed by atoms with Crippen LogP contribution >= 0.6 is 0 Å². The van der Waals surface area contributed by atoms with Gasteiger partial charge in [0.05, 0.1) is 0 Å². The molecule has 3 aromatic rings. The first-order chi connectivity index (χ1) is 11.2. The highest BCUT2D eigenvalue weighted by Crippen LogP contribution is 2.30. The van der Waals surface area contributed by atoms with Crippen LogP contribution in [0.25, 0.3) is 11.1 Å². The molecule has 0 N–H and O–H groups in total. The number of benzene rings is 1. The largest absolute Gasteiger partial charge is 0.423 e. The quantitative estimate of drug-likeness (QED) is 0.737. The Labute approximate surface area is 134 Å². The first-order valence-corrected chi connectivity index (χ1v) is 8.17. The van der Waals surface area contributed by atoms with Crippen LogP contribution in [0, 0.1) is 6.92 Å². The number of hydrogen-bond donors (Lipinski definition) is 0. The topological polar surface area (TPSA) is 68.2 Å². The zero-order valence-electron chi connectivity index (χ0n) is 13.5. The van der Waals surface area contributed by atoms with E-state index in [-0.39, 0.29) is 5.92 Å². The third-order valence-electron chi connectivity index (χ3n) is 4.38. The Morgan fingerprint density at radius 1 is 1.30 bits per heavy atom. The van der Waals surface area contributed by atoms with Gasteiger partial charge in [0, 0.05) is 25.4 Å². The Morgan fingerprint density at radius 2 is 2.22 bits per heavy atom. The second kappa shape index (κ2) is 5.68. The summed E-state index contributed by atoms with van der Waals surface area (Å²) >= 11 is 0. The molecule has 120 valence electrons. The van der Waals surface area contributed by atoms with Crippen molar-refractivity contribution in [3.63, 3.8) is 0 Å². The predicted octanol–water partition coefficient (Wildman–Crippen LogP) is 3.47. The number of anilines is 1. The molecule has 0 radical (unpaired) electrons. The summed E-state index contributed by atoms with van der Waals surface area (Å²) in [5, 5.41) is 4.13. The summed E-state index contributed by atoms with van der Waals surface area (Å²) in [6, 6.07) is 6.77. The first kappa shape index (κ1) is 14.2. The second-order valence-corrected chi connectivity index (χ2v) is 6.15. The number of rotatable bonds is 3. The Morgan fingerprint density at radius 3 is 3.04 bits per heavy atom. The van der Waals surface area contributed by atoms with Crippen LogP contribution < -0.4 is 4.90 Å². The van der Waals surface area contributed by atoms with Crippen molar-refractivity contribution in [2.45, 2.75) is 39.0 Å². The molecule has 0 spiro atoms. The predicted molar refractivity (Wildman–Crippen MR) is 86.6 cm³/mol. The van der Waals surface area contributed by atoms with Crippen LogP contribution in [0.15, 0.2) is 27.1 Å². The van der Waals surface area contributed by atoms with Crippen molar-refractivity contribution in [3.8, 4) is 0 Å². The standard InChI is InChI=1S/C17H20N4O2/c1-3-15-19-16(20-23-15)12-5-4-8-21(10-12)17-18-13-9-11(2)6-7-14(13)22-17/h6-7,9,12H,3-5,8,10H2,1-2H3/t12-/m1/s1. The highest BCUT2D eigenvalue weighted by Gasteiger charge is 2.27. The van der Waals surface area contributed by atoms with Gasteiger partial charge in [-0.25, -0.2) is 0 Å². The van der Waals surface area contributed by atoms with Crippen LogP contribution in [-0.4, -0.2) is 28.2 Å². The molecule has 1 saturated heterocycles. The van der Waals surface area contributed by atoms with Crippen LogP contribution in [-0.2, 0) is 6.42 Å². The minimum Gasteiger partial charge on any atom is -0.423 e. The van der Waals surface area contributed by atoms with Gasteiger partial charge in [-0.3, -0.25) is 0 Å². The van der Waals surface area contributed by atoms with Crippen LogP contribution in [0.5, 0.6) is 0 Å². The number of aromatic nitrogens is 3. The SMILES string of the molecule is CCc1nc([C@@H]2CCCN(c3nc4cc(C)ccc4o3)C2)no1. The molecule has 2 aromatic heterocycles. The molecule has 0 amide bonds. The highest BCUT2D eigenvalue weighted by atomic mass is 16.5. The van der Waals surface area contributed by atoms with Gasteiger partial charge in [-0.1, -0.05) is 18.1 Å². The lowest BCUT2D eigenvalue weighted by molar-refractivity contribution is 0.366. The lowest BCUT2D eigenvalue weighted by atomic mass is 9.98. The van der Waals surface area contributed by atoms with Crippen molar-refractivity contribution >= 4 is 17.1 Å². The summed E-state index contributed by atoms with van der Waals surface area (Å²) in [6.07, 6.45) is 2.91. The van der Waals surface area contributed by atoms with E-state index in [1.54, 1.807) is 0 Å². The van der Waals surface area contributed by atoms with Crippen molar-refractivity contribution in [1.29, 1.82) is 0 Å². The molecule has 0 saturated carbocycles. The van der Waals surface area contributed by atoms with Crippen LogP contribution in [0.4, 0.5) is 6.01 Å². The van der Waals surface area contributed by atoms with Gasteiger partial charge in [0.2, 0.25) is 5.89 Å². The zero-order valence-corrected chi connectivity index (χ0v) is 13.5. The Hall–Kier alpha value is -2.37. The molecular formula is C17H20N4O2. The second-order valence-electron chi connectivity index (χ2n) is 6.15. The van der Waals surface area contributed by atoms with E-state index < -0.39 is 0 Å². The molecule has 3 heterocycles. The van der Waals surface area contributed by atoms with Crippen molar-refractivity contribution < 1.29 is 8.94 Å². The zero-order chi connectivity index (χ0) is 15.8. The summed E-state index contributed by atoms with van der Waals surface area (Å²) in [7, 11) is 0. The van der Waals surface area contributed by atoms with E-state index >= 15 is 0 Å². The fourth-order valence-corrected chi connectivity index (χ4v) is 3.10. The minimum atomic E-state index is 0.268. The van der Waals surface area contributed by atoms with Crippen molar-refractivity contribution in [3.05, 3.63) is 35.5 Å². The molecular weight excluding hydrogens is 292 g/mol. The molecule has 0 aliphatic carbocycles. The summed E-state index contributed by atoms with van der Waals surface area (Å²) in [6.45, 7) is 5.84. The number of hydrogen-bond acceptors (Lipinski definition) is 6. The summed E-state index contributed by atoms with van der Waals surface area (Å²) in [5.74, 6) is 1.78. The molecule has 4 rings (SSSR count). The highest BCUT2D eigenvalue weighted by molar-refractivity contribution is 5.75. The van der Waals surface area contributed by atoms with Gasteiger partial charge in [-0.05, 0) is 37.5 Å². The van der Waals surface area contributed by atoms with Crippen molar-refractivity contribution in [1.82, 2.24) is 15.1 Å². The van der Waals surface area contributed by atoms with E-state index in [1.807, 2.05) is 19.1 Å². The average molecular weight is 312 g/mol. The van der Waals surface area contributed by atoms with Gasteiger partial charge in [-0.15, -0.1) is 0 Å². The lowest BCUT2D eigenvalue weighted by Gasteiger charge is -2.29. The van der Waals surface area contributed by atoms with Gasteiger partial charge in [0.1, 0.15) is 5.52 Å². The van der Waals surface area contributed by atoms with Crippen LogP contribution in [0.2, 0.25) is 0 Å². The van der Waals surface area contributed by atoms with Gasteiger partial charge in [0.15, 0.2) is 11.4 Å². The number of nitrogens with zero attached hydrogens (tertiary/aromatic N) is 4. The maximum Gasteiger partial charge on any atom is 0.298 e. The Kier molecular flexibility index (Phi) is 3.52. The van der Waals surface area contributed by atoms with Gasteiger partial charge in [0.25, 0.3) is 6.01 Å². The summed E-state index contributed by atoms with van der Waals surface area (Å²) < 4.78 is 11.2. The molecule has 6 nitrogen and oxygen atoms in total. The molecule has 6 heteroatoms. The molecule has 1 aliphatic heterocycles. The van der Waals surface area contributed by atoms with E-state index in [2.05, 4.69) is 33.0 Å². The van der Waals surface area contributed by atoms with E-state index in [4.69, 9.17) is 8.94 Å². The molecule has 0 unspecified atom stereocenters. The fourth-order valence-electron chi connectivity index (χ4n) is 3.10. The Balaban J connectivity index is 1.58. The number of fused-ring (bicyclic) bond motifs is 1. The summed E-state index contributed by atoms with van der Waals surface area (Å²) in [4.78, 5) is 11.3. The first-order valence-electron chi connectivity index (χ1n) is 8.17. The molecule has 23 heavy (non-hydrogen) atoms. The van der Waals surface area contributed by atoms with Crippen molar-refractivity contribution in [2.24, 2.45) is 0 Å². The Bertz CT molecular complexity index is 823. The molecule has 1 fully saturated rings. The smallest absolute Gasteiger partial charge is 0.298 e. The molecule has 0 bridgehead atoms. The maximum atomic E-state index is 5.92. The molecule has 1 atom stereocenters. The van der Waals surface area contributed by atoms with E-state index in [0.717, 1.165) is 49.3 Å². The summed E-state index contributed by atoms with van der Waals surface area (Å²) in [5.41, 5.74) is 2.93. The minimum absolute atomic E-state index is 0.268. The van der Waals surface area contributed by atoms with E-state index in [1.165, 1.54) is 5.56 Å². The lowest BCUT2D eigenvalue weighted by Crippen LogP contribution is -2.34. The monoisotopic (exact) mass is 312 g/mol. The van der Waals surface area contributed by atoms with Crippen molar-refractivity contribution in [2.75, 3.05) is 18.0 Å². The fraction of sp³-hybridized carbons (Fsp3) is 0.471. The normalized spacial score (nSPS) is 18.7. The van der Waals surface area contributed by atoms with E-state index in [9.17, 15) is 0 Å². The molecule has 1 aromatic carbocycles. The number of aryl methyl sites for hydroxylation is 2. The van der Waals surface area contributed by atoms with Gasteiger partial charge < -0.3 is 13.8 Å². The van der Waals surface area contributed by atoms with Gasteiger partial charge >= 0.3 is 0 Å². The third kappa shape index (κ3) is 2.69. The third-order valence-corrected chi connectivity index (χ3v) is 4.38. The average Bonchev–Trinajstić information content (AvgIpc) is 3.21. The molecule has 1 aliphatic rings. The van der Waals surface area contributed by atoms with Gasteiger partial charge in [-0.2, -0.15) is 9.97 Å². The van der Waals surface area contributed by atoms with Crippen LogP contribution in [0.1, 0.15) is 43.0 Å². The maximum absolute atomic E-state index is 5.92. The number of oxazole rings is 1.